The average molecular weight is 290 g/mol. The Hall–Kier alpha value is -1.20. The van der Waals surface area contributed by atoms with Gasteiger partial charge in [0.2, 0.25) is 0 Å². The zero-order chi connectivity index (χ0) is 14.1. The molecule has 2 heterocycles. The van der Waals surface area contributed by atoms with Crippen molar-refractivity contribution in [1.82, 2.24) is 14.9 Å². The number of nitrogens with one attached hydrogen (secondary N) is 1. The van der Waals surface area contributed by atoms with E-state index in [1.807, 2.05) is 0 Å². The summed E-state index contributed by atoms with van der Waals surface area (Å²) in [4.78, 5) is 12.8. The Morgan fingerprint density at radius 2 is 2.25 bits per heavy atom. The second-order valence-electron chi connectivity index (χ2n) is 5.83. The van der Waals surface area contributed by atoms with Gasteiger partial charge in [0.15, 0.2) is 0 Å². The maximum atomic E-state index is 4.69. The fraction of sp³-hybridized carbons (Fsp3) is 0.600. The lowest BCUT2D eigenvalue weighted by Gasteiger charge is -2.16. The number of hydrogen-bond donors (Lipinski definition) is 1. The van der Waals surface area contributed by atoms with Gasteiger partial charge in [-0.3, -0.25) is 4.90 Å². The lowest BCUT2D eigenvalue weighted by molar-refractivity contribution is 0.300. The molecule has 1 N–H and O–H groups in total. The Balaban J connectivity index is 1.76. The van der Waals surface area contributed by atoms with E-state index in [4.69, 9.17) is 9.97 Å². The number of aromatic nitrogens is 2. The fourth-order valence-corrected chi connectivity index (χ4v) is 3.42. The van der Waals surface area contributed by atoms with E-state index in [0.29, 0.717) is 0 Å². The summed E-state index contributed by atoms with van der Waals surface area (Å²) in [6.07, 6.45) is 1.37. The van der Waals surface area contributed by atoms with Crippen molar-refractivity contribution in [1.29, 1.82) is 0 Å². The summed E-state index contributed by atoms with van der Waals surface area (Å²) in [7, 11) is 2.17. The summed E-state index contributed by atoms with van der Waals surface area (Å²) < 4.78 is 0. The molecule has 1 aliphatic carbocycles. The van der Waals surface area contributed by atoms with Crippen molar-refractivity contribution in [3.63, 3.8) is 0 Å². The molecule has 20 heavy (non-hydrogen) atoms. The molecule has 3 rings (SSSR count). The van der Waals surface area contributed by atoms with Crippen molar-refractivity contribution >= 4 is 27.4 Å². The molecule has 1 fully saturated rings. The van der Waals surface area contributed by atoms with Crippen LogP contribution in [0, 0.1) is 11.8 Å². The summed E-state index contributed by atoms with van der Waals surface area (Å²) >= 11 is 1.69. The van der Waals surface area contributed by atoms with Crippen LogP contribution >= 0.6 is 11.3 Å². The van der Waals surface area contributed by atoms with Gasteiger partial charge in [0.05, 0.1) is 11.9 Å². The second-order valence-corrected chi connectivity index (χ2v) is 6.72. The number of fused-ring (bicyclic) bond motifs is 1. The molecular formula is C15H22N4S. The zero-order valence-corrected chi connectivity index (χ0v) is 13.2. The highest BCUT2D eigenvalue weighted by molar-refractivity contribution is 7.16. The third kappa shape index (κ3) is 2.94. The normalized spacial score (nSPS) is 21.6. The second kappa shape index (κ2) is 5.66. The Morgan fingerprint density at radius 1 is 1.45 bits per heavy atom. The molecule has 1 aliphatic rings. The minimum atomic E-state index is 0.829. The van der Waals surface area contributed by atoms with Crippen molar-refractivity contribution in [3.05, 3.63) is 17.3 Å². The molecule has 108 valence electrons. The molecule has 2 aromatic heterocycles. The average Bonchev–Trinajstić information content (AvgIpc) is 2.90. The van der Waals surface area contributed by atoms with Gasteiger partial charge >= 0.3 is 0 Å². The van der Waals surface area contributed by atoms with Crippen molar-refractivity contribution in [2.75, 3.05) is 25.5 Å². The third-order valence-electron chi connectivity index (χ3n) is 3.95. The maximum Gasteiger partial charge on any atom is 0.146 e. The highest BCUT2D eigenvalue weighted by Gasteiger charge is 2.33. The Labute approximate surface area is 124 Å². The molecule has 4 nitrogen and oxygen atoms in total. The van der Waals surface area contributed by atoms with E-state index in [-0.39, 0.29) is 0 Å². The highest BCUT2D eigenvalue weighted by atomic mass is 32.1. The van der Waals surface area contributed by atoms with Crippen LogP contribution in [0.1, 0.15) is 26.1 Å². The molecular weight excluding hydrogens is 268 g/mol. The number of rotatable bonds is 6. The molecule has 0 bridgehead atoms. The van der Waals surface area contributed by atoms with Crippen LogP contribution in [0.5, 0.6) is 0 Å². The van der Waals surface area contributed by atoms with Crippen molar-refractivity contribution in [2.45, 2.75) is 26.8 Å². The summed E-state index contributed by atoms with van der Waals surface area (Å²) in [6.45, 7) is 7.30. The van der Waals surface area contributed by atoms with E-state index < -0.39 is 0 Å². The van der Waals surface area contributed by atoms with Crippen LogP contribution < -0.4 is 5.32 Å². The van der Waals surface area contributed by atoms with Gasteiger partial charge in [-0.25, -0.2) is 9.97 Å². The molecule has 0 spiro atoms. The van der Waals surface area contributed by atoms with Gasteiger partial charge in [0, 0.05) is 13.1 Å². The van der Waals surface area contributed by atoms with Gasteiger partial charge < -0.3 is 5.32 Å². The van der Waals surface area contributed by atoms with Crippen LogP contribution in [0.3, 0.4) is 0 Å². The lowest BCUT2D eigenvalue weighted by atomic mass is 10.3. The summed E-state index contributed by atoms with van der Waals surface area (Å²) in [5.74, 6) is 3.67. The SMILES string of the molecule is CCNc1nc(CN(C)CC2CC2C)nc2sccc12. The molecule has 0 amide bonds. The van der Waals surface area contributed by atoms with Crippen LogP contribution in [0.4, 0.5) is 5.82 Å². The first-order valence-electron chi connectivity index (χ1n) is 7.34. The Morgan fingerprint density at radius 3 is 2.95 bits per heavy atom. The quantitative estimate of drug-likeness (QED) is 0.887. The highest BCUT2D eigenvalue weighted by Crippen LogP contribution is 2.38. The molecule has 2 atom stereocenters. The first-order chi connectivity index (χ1) is 9.67. The van der Waals surface area contributed by atoms with E-state index >= 15 is 0 Å². The van der Waals surface area contributed by atoms with Gasteiger partial charge in [-0.15, -0.1) is 11.3 Å². The lowest BCUT2D eigenvalue weighted by Crippen LogP contribution is -2.22. The molecule has 0 aromatic carbocycles. The predicted octanol–water partition coefficient (Wildman–Crippen LogP) is 3.21. The van der Waals surface area contributed by atoms with Crippen LogP contribution in [-0.4, -0.2) is 35.0 Å². The van der Waals surface area contributed by atoms with Gasteiger partial charge in [-0.1, -0.05) is 6.92 Å². The van der Waals surface area contributed by atoms with E-state index in [2.05, 4.69) is 42.6 Å². The molecule has 2 aromatic rings. The van der Waals surface area contributed by atoms with E-state index in [0.717, 1.165) is 53.3 Å². The Kier molecular flexibility index (Phi) is 3.89. The first-order valence-corrected chi connectivity index (χ1v) is 8.22. The minimum Gasteiger partial charge on any atom is -0.370 e. The van der Waals surface area contributed by atoms with E-state index in [9.17, 15) is 0 Å². The van der Waals surface area contributed by atoms with Crippen LogP contribution in [0.15, 0.2) is 11.4 Å². The van der Waals surface area contributed by atoms with Crippen molar-refractivity contribution in [2.24, 2.45) is 11.8 Å². The first kappa shape index (κ1) is 13.8. The smallest absolute Gasteiger partial charge is 0.146 e. The van der Waals surface area contributed by atoms with Crippen molar-refractivity contribution in [3.8, 4) is 0 Å². The number of thiophene rings is 1. The fourth-order valence-electron chi connectivity index (χ4n) is 2.63. The molecule has 0 saturated heterocycles. The number of hydrogen-bond acceptors (Lipinski definition) is 5. The van der Waals surface area contributed by atoms with E-state index in [1.165, 1.54) is 6.42 Å². The number of nitrogens with zero attached hydrogens (tertiary/aromatic N) is 3. The van der Waals surface area contributed by atoms with Crippen LogP contribution in [0.2, 0.25) is 0 Å². The third-order valence-corrected chi connectivity index (χ3v) is 4.76. The molecule has 5 heteroatoms. The largest absolute Gasteiger partial charge is 0.370 e. The molecule has 0 aliphatic heterocycles. The van der Waals surface area contributed by atoms with Crippen molar-refractivity contribution < 1.29 is 0 Å². The van der Waals surface area contributed by atoms with E-state index in [1.54, 1.807) is 11.3 Å². The Bertz CT molecular complexity index is 595. The van der Waals surface area contributed by atoms with Gasteiger partial charge in [-0.2, -0.15) is 0 Å². The van der Waals surface area contributed by atoms with Gasteiger partial charge in [0.1, 0.15) is 16.5 Å². The van der Waals surface area contributed by atoms with Crippen LogP contribution in [0.25, 0.3) is 10.2 Å². The summed E-state index contributed by atoms with van der Waals surface area (Å²) in [6, 6.07) is 2.09. The minimum absolute atomic E-state index is 0.829. The monoisotopic (exact) mass is 290 g/mol. The summed E-state index contributed by atoms with van der Waals surface area (Å²) in [5.41, 5.74) is 0. The summed E-state index contributed by atoms with van der Waals surface area (Å²) in [5, 5.41) is 6.57. The predicted molar refractivity (Wildman–Crippen MR) is 85.2 cm³/mol. The van der Waals surface area contributed by atoms with Gasteiger partial charge in [-0.05, 0) is 43.7 Å². The van der Waals surface area contributed by atoms with Crippen LogP contribution in [-0.2, 0) is 6.54 Å². The molecule has 2 unspecified atom stereocenters. The molecule has 1 saturated carbocycles. The standard InChI is InChI=1S/C15H22N4S/c1-4-16-14-12-5-6-20-15(12)18-13(17-14)9-19(3)8-11-7-10(11)2/h5-6,10-11H,4,7-9H2,1-3H3,(H,16,17,18). The maximum absolute atomic E-state index is 4.69. The zero-order valence-electron chi connectivity index (χ0n) is 12.4. The van der Waals surface area contributed by atoms with Gasteiger partial charge in [0.25, 0.3) is 0 Å². The topological polar surface area (TPSA) is 41.1 Å². The molecule has 0 radical (unpaired) electrons. The number of anilines is 1.